The number of nitrogens with zero attached hydrogens (tertiary/aromatic N) is 1. The number of carbonyl (C=O) groups excluding carboxylic acids is 2. The van der Waals surface area contributed by atoms with E-state index in [1.165, 1.54) is 0 Å². The molecule has 1 aromatic heterocycles. The van der Waals surface area contributed by atoms with E-state index >= 15 is 0 Å². The second kappa shape index (κ2) is 5.84. The first kappa shape index (κ1) is 13.5. The van der Waals surface area contributed by atoms with Gasteiger partial charge in [-0.15, -0.1) is 0 Å². The lowest BCUT2D eigenvalue weighted by Gasteiger charge is -2.09. The van der Waals surface area contributed by atoms with Gasteiger partial charge in [0.25, 0.3) is 0 Å². The smallest absolute Gasteiger partial charge is 0.244 e. The summed E-state index contributed by atoms with van der Waals surface area (Å²) in [6.07, 6.45) is 2.43. The van der Waals surface area contributed by atoms with Crippen LogP contribution in [0.1, 0.15) is 16.1 Å². The number of carbonyl (C=O) groups is 2. The molecule has 1 heterocycles. The molecule has 0 radical (unpaired) electrons. The van der Waals surface area contributed by atoms with Crippen LogP contribution in [-0.2, 0) is 11.3 Å². The van der Waals surface area contributed by atoms with E-state index in [0.717, 1.165) is 22.0 Å². The number of aldehydes is 1. The fraction of sp³-hybridized carbons (Fsp3) is 0.143. The molecule has 0 atom stereocenters. The van der Waals surface area contributed by atoms with Crippen LogP contribution in [-0.4, -0.2) is 16.8 Å². The van der Waals surface area contributed by atoms with E-state index in [0.29, 0.717) is 5.69 Å². The van der Waals surface area contributed by atoms with Gasteiger partial charge in [-0.1, -0.05) is 6.07 Å². The van der Waals surface area contributed by atoms with Crippen molar-refractivity contribution in [3.8, 4) is 0 Å². The van der Waals surface area contributed by atoms with Crippen LogP contribution in [0.2, 0.25) is 0 Å². The van der Waals surface area contributed by atoms with Gasteiger partial charge in [-0.25, -0.2) is 0 Å². The van der Waals surface area contributed by atoms with Gasteiger partial charge in [0.05, 0.1) is 11.4 Å². The second-order valence-corrected chi connectivity index (χ2v) is 5.06. The SMILES string of the molecule is Cc1ccc(NC(=O)Cn2cccc2C=O)c(Br)c1. The third-order valence-corrected chi connectivity index (χ3v) is 3.35. The van der Waals surface area contributed by atoms with Crippen LogP contribution in [0, 0.1) is 6.92 Å². The molecule has 0 fully saturated rings. The molecule has 0 aliphatic heterocycles. The first-order chi connectivity index (χ1) is 9.10. The predicted molar refractivity (Wildman–Crippen MR) is 77.3 cm³/mol. The zero-order valence-corrected chi connectivity index (χ0v) is 12.0. The maximum absolute atomic E-state index is 11.9. The summed E-state index contributed by atoms with van der Waals surface area (Å²) in [7, 11) is 0. The fourth-order valence-electron chi connectivity index (χ4n) is 1.74. The molecule has 1 aromatic carbocycles. The summed E-state index contributed by atoms with van der Waals surface area (Å²) in [5.41, 5.74) is 2.31. The zero-order chi connectivity index (χ0) is 13.8. The van der Waals surface area contributed by atoms with Gasteiger partial charge in [0.15, 0.2) is 6.29 Å². The van der Waals surface area contributed by atoms with Crippen LogP contribution < -0.4 is 5.32 Å². The van der Waals surface area contributed by atoms with E-state index in [1.54, 1.807) is 22.9 Å². The van der Waals surface area contributed by atoms with Crippen LogP contribution in [0.5, 0.6) is 0 Å². The van der Waals surface area contributed by atoms with Crippen LogP contribution in [0.25, 0.3) is 0 Å². The largest absolute Gasteiger partial charge is 0.336 e. The Morgan fingerprint density at radius 3 is 2.89 bits per heavy atom. The molecular formula is C14H13BrN2O2. The van der Waals surface area contributed by atoms with Crippen LogP contribution >= 0.6 is 15.9 Å². The van der Waals surface area contributed by atoms with E-state index in [4.69, 9.17) is 0 Å². The molecule has 2 aromatic rings. The minimum Gasteiger partial charge on any atom is -0.336 e. The van der Waals surface area contributed by atoms with Crippen LogP contribution in [0.4, 0.5) is 5.69 Å². The molecule has 4 nitrogen and oxygen atoms in total. The van der Waals surface area contributed by atoms with Gasteiger partial charge in [0, 0.05) is 10.7 Å². The summed E-state index contributed by atoms with van der Waals surface area (Å²) in [5, 5.41) is 2.80. The van der Waals surface area contributed by atoms with Crippen molar-refractivity contribution in [1.82, 2.24) is 4.57 Å². The number of hydrogen-bond donors (Lipinski definition) is 1. The van der Waals surface area contributed by atoms with Crippen molar-refractivity contribution in [2.75, 3.05) is 5.32 Å². The Labute approximate surface area is 119 Å². The molecule has 0 aliphatic rings. The molecule has 1 N–H and O–H groups in total. The molecule has 2 rings (SSSR count). The monoisotopic (exact) mass is 320 g/mol. The number of amides is 1. The Hall–Kier alpha value is -1.88. The minimum absolute atomic E-state index is 0.112. The number of anilines is 1. The van der Waals surface area contributed by atoms with Crippen molar-refractivity contribution in [2.45, 2.75) is 13.5 Å². The van der Waals surface area contributed by atoms with Gasteiger partial charge in [-0.05, 0) is 52.7 Å². The Bertz CT molecular complexity index is 620. The first-order valence-corrected chi connectivity index (χ1v) is 6.56. The number of halogens is 1. The van der Waals surface area contributed by atoms with Gasteiger partial charge < -0.3 is 9.88 Å². The maximum atomic E-state index is 11.9. The summed E-state index contributed by atoms with van der Waals surface area (Å²) < 4.78 is 2.44. The number of benzene rings is 1. The van der Waals surface area contributed by atoms with Gasteiger partial charge in [0.1, 0.15) is 6.54 Å². The topological polar surface area (TPSA) is 51.1 Å². The standard InChI is InChI=1S/C14H13BrN2O2/c1-10-4-5-13(12(15)7-10)16-14(19)8-17-6-2-3-11(17)9-18/h2-7,9H,8H2,1H3,(H,16,19). The Morgan fingerprint density at radius 1 is 1.42 bits per heavy atom. The van der Waals surface area contributed by atoms with Gasteiger partial charge in [-0.3, -0.25) is 9.59 Å². The molecule has 0 bridgehead atoms. The average molecular weight is 321 g/mol. The molecule has 0 saturated heterocycles. The molecule has 5 heteroatoms. The second-order valence-electron chi connectivity index (χ2n) is 4.21. The molecule has 0 aliphatic carbocycles. The predicted octanol–water partition coefficient (Wildman–Crippen LogP) is 3.01. The van der Waals surface area contributed by atoms with Crippen molar-refractivity contribution < 1.29 is 9.59 Å². The van der Waals surface area contributed by atoms with Gasteiger partial charge in [-0.2, -0.15) is 0 Å². The number of rotatable bonds is 4. The molecule has 0 saturated carbocycles. The highest BCUT2D eigenvalue weighted by Crippen LogP contribution is 2.23. The van der Waals surface area contributed by atoms with E-state index in [2.05, 4.69) is 21.2 Å². The molecule has 0 spiro atoms. The number of nitrogens with one attached hydrogen (secondary N) is 1. The summed E-state index contributed by atoms with van der Waals surface area (Å²) in [4.78, 5) is 22.7. The fourth-order valence-corrected chi connectivity index (χ4v) is 2.34. The van der Waals surface area contributed by atoms with E-state index < -0.39 is 0 Å². The summed E-state index contributed by atoms with van der Waals surface area (Å²) in [6, 6.07) is 9.10. The molecular weight excluding hydrogens is 308 g/mol. The Balaban J connectivity index is 2.07. The van der Waals surface area contributed by atoms with Gasteiger partial charge in [0.2, 0.25) is 5.91 Å². The molecule has 98 valence electrons. The summed E-state index contributed by atoms with van der Waals surface area (Å²) in [6.45, 7) is 2.09. The van der Waals surface area contributed by atoms with E-state index in [-0.39, 0.29) is 12.5 Å². The highest BCUT2D eigenvalue weighted by molar-refractivity contribution is 9.10. The highest BCUT2D eigenvalue weighted by atomic mass is 79.9. The molecule has 1 amide bonds. The maximum Gasteiger partial charge on any atom is 0.244 e. The van der Waals surface area contributed by atoms with Crippen molar-refractivity contribution in [1.29, 1.82) is 0 Å². The van der Waals surface area contributed by atoms with Crippen molar-refractivity contribution in [3.63, 3.8) is 0 Å². The first-order valence-electron chi connectivity index (χ1n) is 5.76. The third kappa shape index (κ3) is 3.32. The highest BCUT2D eigenvalue weighted by Gasteiger charge is 2.08. The third-order valence-electron chi connectivity index (χ3n) is 2.70. The summed E-state index contributed by atoms with van der Waals surface area (Å²) >= 11 is 3.40. The average Bonchev–Trinajstić information content (AvgIpc) is 2.80. The number of hydrogen-bond acceptors (Lipinski definition) is 2. The number of aromatic nitrogens is 1. The lowest BCUT2D eigenvalue weighted by molar-refractivity contribution is -0.116. The van der Waals surface area contributed by atoms with Crippen LogP contribution in [0.3, 0.4) is 0 Å². The normalized spacial score (nSPS) is 10.2. The quantitative estimate of drug-likeness (QED) is 0.880. The van der Waals surface area contributed by atoms with Crippen molar-refractivity contribution in [3.05, 3.63) is 52.3 Å². The van der Waals surface area contributed by atoms with E-state index in [1.807, 2.05) is 25.1 Å². The minimum atomic E-state index is -0.177. The molecule has 0 unspecified atom stereocenters. The van der Waals surface area contributed by atoms with E-state index in [9.17, 15) is 9.59 Å². The summed E-state index contributed by atoms with van der Waals surface area (Å²) in [5.74, 6) is -0.177. The van der Waals surface area contributed by atoms with Gasteiger partial charge >= 0.3 is 0 Å². The Kier molecular flexibility index (Phi) is 4.16. The van der Waals surface area contributed by atoms with Crippen molar-refractivity contribution in [2.24, 2.45) is 0 Å². The zero-order valence-electron chi connectivity index (χ0n) is 10.4. The molecule has 19 heavy (non-hydrogen) atoms. The number of aryl methyl sites for hydroxylation is 1. The Morgan fingerprint density at radius 2 is 2.21 bits per heavy atom. The lowest BCUT2D eigenvalue weighted by atomic mass is 10.2. The lowest BCUT2D eigenvalue weighted by Crippen LogP contribution is -2.19. The van der Waals surface area contributed by atoms with Crippen molar-refractivity contribution >= 4 is 33.8 Å². The van der Waals surface area contributed by atoms with Crippen LogP contribution in [0.15, 0.2) is 41.0 Å².